The fraction of sp³-hybridized carbons (Fsp3) is 0.250. The third-order valence-electron chi connectivity index (χ3n) is 2.34. The molecule has 0 saturated heterocycles. The molecule has 1 aromatic carbocycles. The smallest absolute Gasteiger partial charge is 0.0921 e. The predicted molar refractivity (Wildman–Crippen MR) is 68.1 cm³/mol. The number of H-pyrrole nitrogens is 1. The molecule has 2 rings (SSSR count). The van der Waals surface area contributed by atoms with E-state index in [4.69, 9.17) is 0 Å². The zero-order chi connectivity index (χ0) is 11.2. The number of rotatable bonds is 5. The molecule has 2 aromatic rings. The van der Waals surface area contributed by atoms with E-state index in [1.165, 1.54) is 11.3 Å². The Morgan fingerprint density at radius 2 is 2.31 bits per heavy atom. The highest BCUT2D eigenvalue weighted by atomic mass is 79.9. The molecule has 0 aliphatic carbocycles. The van der Waals surface area contributed by atoms with Gasteiger partial charge in [-0.1, -0.05) is 28.1 Å². The Balaban J connectivity index is 1.72. The van der Waals surface area contributed by atoms with E-state index in [2.05, 4.69) is 49.4 Å². The van der Waals surface area contributed by atoms with Gasteiger partial charge in [0, 0.05) is 35.9 Å². The van der Waals surface area contributed by atoms with Crippen molar-refractivity contribution in [1.82, 2.24) is 15.3 Å². The predicted octanol–water partition coefficient (Wildman–Crippen LogP) is 2.50. The lowest BCUT2D eigenvalue weighted by Gasteiger charge is -2.04. The van der Waals surface area contributed by atoms with Gasteiger partial charge in [0.1, 0.15) is 0 Å². The fourth-order valence-electron chi connectivity index (χ4n) is 1.52. The average Bonchev–Trinajstić information content (AvgIpc) is 2.77. The third-order valence-corrected chi connectivity index (χ3v) is 2.84. The highest BCUT2D eigenvalue weighted by Crippen LogP contribution is 2.11. The summed E-state index contributed by atoms with van der Waals surface area (Å²) in [6, 6.07) is 8.33. The first-order valence-corrected chi connectivity index (χ1v) is 6.06. The van der Waals surface area contributed by atoms with Crippen molar-refractivity contribution in [3.05, 3.63) is 52.5 Å². The van der Waals surface area contributed by atoms with Gasteiger partial charge in [-0.25, -0.2) is 4.98 Å². The second-order valence-electron chi connectivity index (χ2n) is 3.63. The minimum atomic E-state index is 0.896. The molecule has 0 spiro atoms. The molecule has 0 radical (unpaired) electrons. The number of benzene rings is 1. The van der Waals surface area contributed by atoms with Crippen LogP contribution in [-0.2, 0) is 13.0 Å². The molecule has 1 heterocycles. The summed E-state index contributed by atoms with van der Waals surface area (Å²) >= 11 is 3.46. The van der Waals surface area contributed by atoms with Gasteiger partial charge in [-0.3, -0.25) is 0 Å². The summed E-state index contributed by atoms with van der Waals surface area (Å²) < 4.78 is 1.13. The molecule has 0 bridgehead atoms. The maximum atomic E-state index is 3.98. The van der Waals surface area contributed by atoms with Crippen LogP contribution in [0.3, 0.4) is 0 Å². The Morgan fingerprint density at radius 3 is 3.06 bits per heavy atom. The molecule has 84 valence electrons. The number of aromatic nitrogens is 2. The largest absolute Gasteiger partial charge is 0.348 e. The van der Waals surface area contributed by atoms with Crippen molar-refractivity contribution in [3.8, 4) is 0 Å². The van der Waals surface area contributed by atoms with Crippen LogP contribution in [0, 0.1) is 0 Å². The van der Waals surface area contributed by atoms with Crippen LogP contribution in [-0.4, -0.2) is 16.5 Å². The second kappa shape index (κ2) is 5.82. The van der Waals surface area contributed by atoms with Crippen molar-refractivity contribution in [2.75, 3.05) is 6.54 Å². The lowest BCUT2D eigenvalue weighted by Crippen LogP contribution is -2.16. The van der Waals surface area contributed by atoms with E-state index >= 15 is 0 Å². The quantitative estimate of drug-likeness (QED) is 0.826. The number of halogens is 1. The van der Waals surface area contributed by atoms with Crippen LogP contribution < -0.4 is 5.32 Å². The molecular formula is C12H14BrN3. The van der Waals surface area contributed by atoms with Gasteiger partial charge < -0.3 is 10.3 Å². The molecular weight excluding hydrogens is 266 g/mol. The molecule has 0 amide bonds. The average molecular weight is 280 g/mol. The minimum absolute atomic E-state index is 0.896. The van der Waals surface area contributed by atoms with Crippen molar-refractivity contribution in [1.29, 1.82) is 0 Å². The molecule has 0 aliphatic rings. The Labute approximate surface area is 103 Å². The molecule has 0 aliphatic heterocycles. The van der Waals surface area contributed by atoms with Crippen LogP contribution in [0.1, 0.15) is 11.3 Å². The van der Waals surface area contributed by atoms with Crippen LogP contribution in [0.5, 0.6) is 0 Å². The van der Waals surface area contributed by atoms with Crippen LogP contribution in [0.2, 0.25) is 0 Å². The SMILES string of the molecule is Brc1cccc(CNCCc2cnc[nH]2)c1. The van der Waals surface area contributed by atoms with Crippen molar-refractivity contribution in [2.45, 2.75) is 13.0 Å². The Hall–Kier alpha value is -1.13. The lowest BCUT2D eigenvalue weighted by molar-refractivity contribution is 0.681. The normalized spacial score (nSPS) is 10.6. The highest BCUT2D eigenvalue weighted by molar-refractivity contribution is 9.10. The van der Waals surface area contributed by atoms with E-state index in [9.17, 15) is 0 Å². The van der Waals surface area contributed by atoms with Crippen molar-refractivity contribution < 1.29 is 0 Å². The van der Waals surface area contributed by atoms with Gasteiger partial charge in [-0.05, 0) is 17.7 Å². The first-order chi connectivity index (χ1) is 7.84. The van der Waals surface area contributed by atoms with E-state index in [0.29, 0.717) is 0 Å². The Kier molecular flexibility index (Phi) is 4.13. The highest BCUT2D eigenvalue weighted by Gasteiger charge is 1.95. The maximum Gasteiger partial charge on any atom is 0.0921 e. The number of imidazole rings is 1. The van der Waals surface area contributed by atoms with Gasteiger partial charge in [0.2, 0.25) is 0 Å². The monoisotopic (exact) mass is 279 g/mol. The summed E-state index contributed by atoms with van der Waals surface area (Å²) in [6.07, 6.45) is 4.55. The zero-order valence-corrected chi connectivity index (χ0v) is 10.5. The van der Waals surface area contributed by atoms with E-state index in [1.54, 1.807) is 6.33 Å². The maximum absolute atomic E-state index is 3.98. The molecule has 1 aromatic heterocycles. The minimum Gasteiger partial charge on any atom is -0.348 e. The number of hydrogen-bond acceptors (Lipinski definition) is 2. The van der Waals surface area contributed by atoms with E-state index in [0.717, 1.165) is 24.0 Å². The lowest BCUT2D eigenvalue weighted by atomic mass is 10.2. The second-order valence-corrected chi connectivity index (χ2v) is 4.55. The summed E-state index contributed by atoms with van der Waals surface area (Å²) in [6.45, 7) is 1.85. The summed E-state index contributed by atoms with van der Waals surface area (Å²) in [5.74, 6) is 0. The van der Waals surface area contributed by atoms with Crippen molar-refractivity contribution in [3.63, 3.8) is 0 Å². The van der Waals surface area contributed by atoms with Gasteiger partial charge in [0.15, 0.2) is 0 Å². The van der Waals surface area contributed by atoms with Gasteiger partial charge in [-0.15, -0.1) is 0 Å². The number of nitrogens with one attached hydrogen (secondary N) is 2. The molecule has 2 N–H and O–H groups in total. The van der Waals surface area contributed by atoms with Crippen molar-refractivity contribution in [2.24, 2.45) is 0 Å². The van der Waals surface area contributed by atoms with Crippen LogP contribution in [0.15, 0.2) is 41.3 Å². The van der Waals surface area contributed by atoms with Gasteiger partial charge in [0.25, 0.3) is 0 Å². The summed E-state index contributed by atoms with van der Waals surface area (Å²) in [5, 5.41) is 3.40. The molecule has 16 heavy (non-hydrogen) atoms. The molecule has 0 fully saturated rings. The van der Waals surface area contributed by atoms with Crippen LogP contribution in [0.4, 0.5) is 0 Å². The molecule has 3 nitrogen and oxygen atoms in total. The van der Waals surface area contributed by atoms with E-state index in [-0.39, 0.29) is 0 Å². The van der Waals surface area contributed by atoms with Gasteiger partial charge in [0.05, 0.1) is 6.33 Å². The van der Waals surface area contributed by atoms with Crippen LogP contribution >= 0.6 is 15.9 Å². The molecule has 4 heteroatoms. The van der Waals surface area contributed by atoms with Gasteiger partial charge in [-0.2, -0.15) is 0 Å². The number of aromatic amines is 1. The summed E-state index contributed by atoms with van der Waals surface area (Å²) in [5.41, 5.74) is 2.46. The molecule has 0 saturated carbocycles. The van der Waals surface area contributed by atoms with E-state index in [1.807, 2.05) is 12.3 Å². The Bertz CT molecular complexity index is 426. The van der Waals surface area contributed by atoms with Gasteiger partial charge >= 0.3 is 0 Å². The first kappa shape index (κ1) is 11.4. The van der Waals surface area contributed by atoms with Crippen molar-refractivity contribution >= 4 is 15.9 Å². The summed E-state index contributed by atoms with van der Waals surface area (Å²) in [7, 11) is 0. The third kappa shape index (κ3) is 3.47. The zero-order valence-electron chi connectivity index (χ0n) is 8.91. The topological polar surface area (TPSA) is 40.7 Å². The standard InChI is InChI=1S/C12H14BrN3/c13-11-3-1-2-10(6-11)7-14-5-4-12-8-15-9-16-12/h1-3,6,8-9,14H,4-5,7H2,(H,15,16). The molecule has 0 unspecified atom stereocenters. The number of hydrogen-bond donors (Lipinski definition) is 2. The molecule has 0 atom stereocenters. The fourth-order valence-corrected chi connectivity index (χ4v) is 1.97. The first-order valence-electron chi connectivity index (χ1n) is 5.27. The Morgan fingerprint density at radius 1 is 1.38 bits per heavy atom. The number of nitrogens with zero attached hydrogens (tertiary/aromatic N) is 1. The van der Waals surface area contributed by atoms with Crippen LogP contribution in [0.25, 0.3) is 0 Å². The summed E-state index contributed by atoms with van der Waals surface area (Å²) in [4.78, 5) is 7.07. The van der Waals surface area contributed by atoms with E-state index < -0.39 is 0 Å².